The minimum atomic E-state index is -3.91. The highest BCUT2D eigenvalue weighted by atomic mass is 32.2. The topological polar surface area (TPSA) is 54.4 Å². The summed E-state index contributed by atoms with van der Waals surface area (Å²) in [7, 11) is -3.91. The standard InChI is InChI=1S/C10H21O3S/c1-4-5-6-7-8-10(9(2)3)14(11,12)13/h9-10H,2,4-8H2,1,3H3,(H,11,12,13). The lowest BCUT2D eigenvalue weighted by molar-refractivity contribution is 0.435. The van der Waals surface area contributed by atoms with Crippen LogP contribution in [0.3, 0.4) is 0 Å². The van der Waals surface area contributed by atoms with Crippen molar-refractivity contribution in [2.75, 3.05) is 0 Å². The van der Waals surface area contributed by atoms with Crippen LogP contribution in [0.5, 0.6) is 0 Å². The molecule has 0 amide bonds. The van der Waals surface area contributed by atoms with E-state index in [0.29, 0.717) is 6.42 Å². The Kier molecular flexibility index (Phi) is 6.36. The highest BCUT2D eigenvalue weighted by Crippen LogP contribution is 2.18. The Morgan fingerprint density at radius 3 is 2.21 bits per heavy atom. The predicted molar refractivity (Wildman–Crippen MR) is 58.6 cm³/mol. The van der Waals surface area contributed by atoms with Gasteiger partial charge in [0.05, 0.1) is 5.25 Å². The fourth-order valence-corrected chi connectivity index (χ4v) is 2.55. The highest BCUT2D eigenvalue weighted by molar-refractivity contribution is 7.86. The summed E-state index contributed by atoms with van der Waals surface area (Å²) in [5.41, 5.74) is 0. The Morgan fingerprint density at radius 2 is 1.86 bits per heavy atom. The Morgan fingerprint density at radius 1 is 1.29 bits per heavy atom. The zero-order valence-electron chi connectivity index (χ0n) is 9.07. The quantitative estimate of drug-likeness (QED) is 0.531. The maximum atomic E-state index is 11.0. The molecule has 1 N–H and O–H groups in total. The zero-order valence-corrected chi connectivity index (χ0v) is 9.89. The van der Waals surface area contributed by atoms with Crippen LogP contribution in [-0.2, 0) is 10.1 Å². The van der Waals surface area contributed by atoms with Crippen LogP contribution >= 0.6 is 0 Å². The smallest absolute Gasteiger partial charge is 0.268 e. The maximum absolute atomic E-state index is 11.0. The van der Waals surface area contributed by atoms with Crippen molar-refractivity contribution >= 4 is 10.1 Å². The molecule has 0 aliphatic heterocycles. The summed E-state index contributed by atoms with van der Waals surface area (Å²) in [6.45, 7) is 7.49. The largest absolute Gasteiger partial charge is 0.285 e. The second-order valence-corrected chi connectivity index (χ2v) is 5.52. The molecule has 0 aliphatic rings. The summed E-state index contributed by atoms with van der Waals surface area (Å²) < 4.78 is 30.8. The third kappa shape index (κ3) is 5.60. The lowest BCUT2D eigenvalue weighted by Crippen LogP contribution is -2.26. The summed E-state index contributed by atoms with van der Waals surface area (Å²) in [5, 5.41) is -0.695. The van der Waals surface area contributed by atoms with Gasteiger partial charge in [-0.25, -0.2) is 0 Å². The van der Waals surface area contributed by atoms with E-state index in [1.807, 2.05) is 0 Å². The molecule has 0 saturated carbocycles. The molecule has 2 unspecified atom stereocenters. The normalized spacial score (nSPS) is 14.6. The molecule has 0 saturated heterocycles. The minimum Gasteiger partial charge on any atom is -0.285 e. The summed E-state index contributed by atoms with van der Waals surface area (Å²) >= 11 is 0. The molecule has 0 aliphatic carbocycles. The Labute approximate surface area is 87.7 Å². The average molecular weight is 221 g/mol. The molecule has 0 bridgehead atoms. The Balaban J connectivity index is 4.01. The van der Waals surface area contributed by atoms with Crippen LogP contribution in [0.2, 0.25) is 0 Å². The summed E-state index contributed by atoms with van der Waals surface area (Å²) in [6, 6.07) is 0. The van der Waals surface area contributed by atoms with Gasteiger partial charge in [0.2, 0.25) is 0 Å². The van der Waals surface area contributed by atoms with Crippen LogP contribution in [0, 0.1) is 12.8 Å². The van der Waals surface area contributed by atoms with Gasteiger partial charge in [-0.15, -0.1) is 0 Å². The van der Waals surface area contributed by atoms with Crippen LogP contribution < -0.4 is 0 Å². The third-order valence-electron chi connectivity index (χ3n) is 2.36. The molecule has 0 aromatic heterocycles. The number of hydrogen-bond donors (Lipinski definition) is 1. The number of hydrogen-bond acceptors (Lipinski definition) is 2. The second kappa shape index (κ2) is 6.40. The second-order valence-electron chi connectivity index (χ2n) is 3.88. The fourth-order valence-electron chi connectivity index (χ4n) is 1.50. The molecule has 0 heterocycles. The van der Waals surface area contributed by atoms with Crippen molar-refractivity contribution < 1.29 is 13.0 Å². The lowest BCUT2D eigenvalue weighted by atomic mass is 10.0. The summed E-state index contributed by atoms with van der Waals surface area (Å²) in [5.74, 6) is -0.258. The van der Waals surface area contributed by atoms with E-state index in [2.05, 4.69) is 13.8 Å². The van der Waals surface area contributed by atoms with Gasteiger partial charge in [0.1, 0.15) is 0 Å². The Hall–Kier alpha value is -0.0900. The van der Waals surface area contributed by atoms with Gasteiger partial charge < -0.3 is 0 Å². The van der Waals surface area contributed by atoms with Gasteiger partial charge in [0.15, 0.2) is 0 Å². The molecule has 0 rings (SSSR count). The SMILES string of the molecule is [CH2]C(C)C(CCCCCC)S(=O)(=O)O. The molecule has 0 aromatic carbocycles. The van der Waals surface area contributed by atoms with E-state index in [9.17, 15) is 8.42 Å². The van der Waals surface area contributed by atoms with Crippen molar-refractivity contribution in [2.24, 2.45) is 5.92 Å². The van der Waals surface area contributed by atoms with Gasteiger partial charge in [-0.2, -0.15) is 8.42 Å². The molecule has 1 radical (unpaired) electrons. The van der Waals surface area contributed by atoms with Crippen LogP contribution in [0.25, 0.3) is 0 Å². The van der Waals surface area contributed by atoms with Gasteiger partial charge in [-0.3, -0.25) is 4.55 Å². The molecule has 85 valence electrons. The molecule has 4 heteroatoms. The van der Waals surface area contributed by atoms with Crippen molar-refractivity contribution in [3.05, 3.63) is 6.92 Å². The van der Waals surface area contributed by atoms with Gasteiger partial charge in [-0.1, -0.05) is 39.5 Å². The fraction of sp³-hybridized carbons (Fsp3) is 0.900. The molecule has 0 fully saturated rings. The van der Waals surface area contributed by atoms with E-state index in [1.54, 1.807) is 6.92 Å². The van der Waals surface area contributed by atoms with Crippen molar-refractivity contribution in [3.8, 4) is 0 Å². The summed E-state index contributed by atoms with van der Waals surface area (Å²) in [6.07, 6.45) is 4.62. The Bertz CT molecular complexity index is 232. The van der Waals surface area contributed by atoms with E-state index < -0.39 is 15.4 Å². The minimum absolute atomic E-state index is 0.258. The first kappa shape index (κ1) is 13.9. The van der Waals surface area contributed by atoms with Gasteiger partial charge in [0.25, 0.3) is 10.1 Å². The van der Waals surface area contributed by atoms with E-state index in [4.69, 9.17) is 4.55 Å². The third-order valence-corrected chi connectivity index (χ3v) is 3.82. The van der Waals surface area contributed by atoms with Crippen molar-refractivity contribution in [1.29, 1.82) is 0 Å². The van der Waals surface area contributed by atoms with Gasteiger partial charge in [-0.05, 0) is 19.3 Å². The van der Waals surface area contributed by atoms with Crippen LogP contribution in [0.1, 0.15) is 46.0 Å². The predicted octanol–water partition coefficient (Wildman–Crippen LogP) is 2.68. The molecular formula is C10H21O3S. The first-order valence-electron chi connectivity index (χ1n) is 5.19. The number of rotatable bonds is 7. The molecular weight excluding hydrogens is 200 g/mol. The zero-order chi connectivity index (χ0) is 11.2. The molecule has 14 heavy (non-hydrogen) atoms. The van der Waals surface area contributed by atoms with E-state index >= 15 is 0 Å². The maximum Gasteiger partial charge on any atom is 0.268 e. The van der Waals surface area contributed by atoms with E-state index in [-0.39, 0.29) is 5.92 Å². The first-order valence-corrected chi connectivity index (χ1v) is 6.69. The molecule has 0 spiro atoms. The monoisotopic (exact) mass is 221 g/mol. The number of unbranched alkanes of at least 4 members (excludes halogenated alkanes) is 3. The van der Waals surface area contributed by atoms with Crippen molar-refractivity contribution in [1.82, 2.24) is 0 Å². The van der Waals surface area contributed by atoms with E-state index in [1.165, 1.54) is 0 Å². The van der Waals surface area contributed by atoms with Gasteiger partial charge >= 0.3 is 0 Å². The van der Waals surface area contributed by atoms with Crippen LogP contribution in [0.4, 0.5) is 0 Å². The summed E-state index contributed by atoms with van der Waals surface area (Å²) in [4.78, 5) is 0. The average Bonchev–Trinajstić information content (AvgIpc) is 2.01. The molecule has 3 nitrogen and oxygen atoms in total. The van der Waals surface area contributed by atoms with Crippen molar-refractivity contribution in [3.63, 3.8) is 0 Å². The highest BCUT2D eigenvalue weighted by Gasteiger charge is 2.25. The lowest BCUT2D eigenvalue weighted by Gasteiger charge is -2.16. The van der Waals surface area contributed by atoms with Crippen molar-refractivity contribution in [2.45, 2.75) is 51.2 Å². The van der Waals surface area contributed by atoms with Gasteiger partial charge in [0, 0.05) is 0 Å². The van der Waals surface area contributed by atoms with Crippen LogP contribution in [-0.4, -0.2) is 18.2 Å². The molecule has 2 atom stereocenters. The van der Waals surface area contributed by atoms with Crippen LogP contribution in [0.15, 0.2) is 0 Å². The van der Waals surface area contributed by atoms with E-state index in [0.717, 1.165) is 25.7 Å². The first-order chi connectivity index (χ1) is 6.39. The molecule has 0 aromatic rings.